The molecule has 0 saturated carbocycles. The van der Waals surface area contributed by atoms with E-state index in [1.54, 1.807) is 62.1 Å². The van der Waals surface area contributed by atoms with E-state index in [1.165, 1.54) is 13.8 Å². The van der Waals surface area contributed by atoms with E-state index in [2.05, 4.69) is 30.6 Å². The number of H-pyrrole nitrogens is 2. The van der Waals surface area contributed by atoms with Gasteiger partial charge in [-0.25, -0.2) is 15.0 Å². The predicted octanol–water partition coefficient (Wildman–Crippen LogP) is 5.10. The fourth-order valence-corrected chi connectivity index (χ4v) is 8.33. The second kappa shape index (κ2) is 19.0. The molecule has 2 amide bonds. The highest BCUT2D eigenvalue weighted by molar-refractivity contribution is 7.59. The number of nitrogens with one attached hydrogen (secondary N) is 4. The Morgan fingerprint density at radius 1 is 0.786 bits per heavy atom. The molecule has 0 aliphatic carbocycles. The summed E-state index contributed by atoms with van der Waals surface area (Å²) < 4.78 is 30.1. The van der Waals surface area contributed by atoms with Crippen molar-refractivity contribution in [2.24, 2.45) is 0 Å². The lowest BCUT2D eigenvalue weighted by Crippen LogP contribution is -2.51. The molecule has 3 unspecified atom stereocenters. The van der Waals surface area contributed by atoms with E-state index < -0.39 is 50.0 Å². The summed E-state index contributed by atoms with van der Waals surface area (Å²) in [7, 11) is -1.99. The van der Waals surface area contributed by atoms with Gasteiger partial charge >= 0.3 is 18.0 Å². The Labute approximate surface area is 325 Å². The molecular weight excluding hydrogens is 739 g/mol. The Morgan fingerprint density at radius 2 is 1.29 bits per heavy atom. The first-order valence-corrected chi connectivity index (χ1v) is 20.4. The summed E-state index contributed by atoms with van der Waals surface area (Å²) >= 11 is 0. The summed E-state index contributed by atoms with van der Waals surface area (Å²) in [5.74, 6) is -0.840. The third kappa shape index (κ3) is 10.9. The molecule has 0 fully saturated rings. The quantitative estimate of drug-likeness (QED) is 0.0548. The lowest BCUT2D eigenvalue weighted by atomic mass is 9.99. The van der Waals surface area contributed by atoms with Crippen molar-refractivity contribution >= 4 is 47.2 Å². The molecule has 5 N–H and O–H groups in total. The Bertz CT molecular complexity index is 2110. The third-order valence-corrected chi connectivity index (χ3v) is 11.3. The fraction of sp³-hybridized carbons (Fsp3) is 0.410. The zero-order chi connectivity index (χ0) is 40.4. The summed E-state index contributed by atoms with van der Waals surface area (Å²) in [5.41, 5.74) is 4.39. The summed E-state index contributed by atoms with van der Waals surface area (Å²) in [4.78, 5) is 42.4. The molecule has 16 nitrogen and oxygen atoms in total. The third-order valence-electron chi connectivity index (χ3n) is 9.18. The highest BCUT2D eigenvalue weighted by Gasteiger charge is 2.33. The number of amides is 2. The average molecular weight is 791 g/mol. The number of aromatic amines is 2. The molecule has 2 aromatic heterocycles. The van der Waals surface area contributed by atoms with Gasteiger partial charge in [-0.3, -0.25) is 24.4 Å². The van der Waals surface area contributed by atoms with Gasteiger partial charge in [0, 0.05) is 30.9 Å². The van der Waals surface area contributed by atoms with E-state index in [4.69, 9.17) is 14.2 Å². The topological polar surface area (TPSA) is 204 Å². The van der Waals surface area contributed by atoms with E-state index in [0.717, 1.165) is 38.5 Å². The Kier molecular flexibility index (Phi) is 14.2. The number of esters is 2. The van der Waals surface area contributed by atoms with Crippen molar-refractivity contribution in [2.75, 3.05) is 26.6 Å². The maximum absolute atomic E-state index is 14.3. The van der Waals surface area contributed by atoms with Gasteiger partial charge in [0.2, 0.25) is 7.44 Å². The number of aromatic nitrogens is 4. The average Bonchev–Trinajstić information content (AvgIpc) is 3.85. The highest BCUT2D eigenvalue weighted by Crippen LogP contribution is 2.38. The number of ether oxygens (including phenoxy) is 3. The van der Waals surface area contributed by atoms with Crippen LogP contribution < -0.4 is 14.9 Å². The molecule has 5 atom stereocenters. The first kappa shape index (κ1) is 41.9. The number of fused-ring (bicyclic) bond motifs is 2. The summed E-state index contributed by atoms with van der Waals surface area (Å²) in [6.07, 6.45) is 2.46. The zero-order valence-electron chi connectivity index (χ0n) is 32.5. The van der Waals surface area contributed by atoms with Crippen molar-refractivity contribution < 1.29 is 38.3 Å². The van der Waals surface area contributed by atoms with Crippen molar-refractivity contribution in [3.63, 3.8) is 0 Å². The number of urea groups is 1. The van der Waals surface area contributed by atoms with Crippen LogP contribution in [-0.4, -0.2) is 104 Å². The highest BCUT2D eigenvalue weighted by atomic mass is 31.2. The van der Waals surface area contributed by atoms with Crippen molar-refractivity contribution in [2.45, 2.75) is 78.4 Å². The van der Waals surface area contributed by atoms with Crippen molar-refractivity contribution in [3.8, 4) is 5.75 Å². The summed E-state index contributed by atoms with van der Waals surface area (Å²) in [5, 5.41) is 32.7. The van der Waals surface area contributed by atoms with E-state index in [-0.39, 0.29) is 25.8 Å². The van der Waals surface area contributed by atoms with Crippen LogP contribution in [-0.2, 0) is 43.1 Å². The van der Waals surface area contributed by atoms with Gasteiger partial charge in [-0.2, -0.15) is 10.2 Å². The van der Waals surface area contributed by atoms with Crippen LogP contribution in [0.1, 0.15) is 51.3 Å². The number of benzene rings is 3. The molecule has 0 aliphatic rings. The SMILES string of the molecule is CCOC(=O)C(C)NP(=O)(COc1ccc(C[C@H](C(C)O)N(Cc2ccc3[nH]ncc3c2)C(=O)N(C)Cc2ccc3[nH]ncc3c2)cc1)N[C@@H](C)C(=O)OCC. The maximum atomic E-state index is 14.3. The van der Waals surface area contributed by atoms with Gasteiger partial charge in [-0.15, -0.1) is 0 Å². The van der Waals surface area contributed by atoms with Crippen LogP contribution in [0.2, 0.25) is 0 Å². The van der Waals surface area contributed by atoms with Gasteiger partial charge in [-0.1, -0.05) is 24.3 Å². The van der Waals surface area contributed by atoms with E-state index >= 15 is 0 Å². The van der Waals surface area contributed by atoms with Gasteiger partial charge < -0.3 is 29.1 Å². The van der Waals surface area contributed by atoms with E-state index in [9.17, 15) is 24.1 Å². The number of rotatable bonds is 19. The molecule has 3 aromatic carbocycles. The van der Waals surface area contributed by atoms with Crippen LogP contribution in [0.3, 0.4) is 0 Å². The number of hydrogen-bond donors (Lipinski definition) is 5. The minimum Gasteiger partial charge on any atom is -0.483 e. The molecule has 5 rings (SSSR count). The Hall–Kier alpha value is -5.28. The van der Waals surface area contributed by atoms with E-state index in [0.29, 0.717) is 18.7 Å². The lowest BCUT2D eigenvalue weighted by molar-refractivity contribution is -0.145. The smallest absolute Gasteiger partial charge is 0.323 e. The number of carbonyl (C=O) groups is 3. The first-order chi connectivity index (χ1) is 26.8. The largest absolute Gasteiger partial charge is 0.483 e. The van der Waals surface area contributed by atoms with Gasteiger partial charge in [0.05, 0.1) is 48.8 Å². The minimum absolute atomic E-state index is 0.146. The molecule has 0 radical (unpaired) electrons. The van der Waals surface area contributed by atoms with Gasteiger partial charge in [0.25, 0.3) is 0 Å². The van der Waals surface area contributed by atoms with Crippen molar-refractivity contribution in [1.82, 2.24) is 40.4 Å². The fourth-order valence-electron chi connectivity index (χ4n) is 6.31. The van der Waals surface area contributed by atoms with Crippen LogP contribution in [0.4, 0.5) is 4.79 Å². The molecule has 300 valence electrons. The Balaban J connectivity index is 1.34. The number of hydrogen-bond acceptors (Lipinski definition) is 10. The Morgan fingerprint density at radius 3 is 1.79 bits per heavy atom. The maximum Gasteiger partial charge on any atom is 0.323 e. The molecule has 0 saturated heterocycles. The molecule has 0 spiro atoms. The number of carbonyl (C=O) groups excluding carboxylic acids is 3. The number of nitrogens with zero attached hydrogens (tertiary/aromatic N) is 4. The van der Waals surface area contributed by atoms with Crippen molar-refractivity contribution in [3.05, 3.63) is 89.7 Å². The standard InChI is InChI=1S/C39H51N8O8P/c1-7-53-37(49)25(3)44-56(52,45-26(4)38(50)54-8-2)24-55-33-13-9-28(10-14-33)19-36(27(5)48)47(23-30-12-16-35-32(18-30)21-41-43-35)39(51)46(6)22-29-11-15-34-31(17-29)20-40-42-34/h9-18,20-21,25-27,36,48H,7-8,19,22-24H2,1-6H3,(H,40,42)(H,41,43)(H2,44,45,52)/t25-,26?,27?,36+,56?/m0/s1. The molecule has 56 heavy (non-hydrogen) atoms. The van der Waals surface area contributed by atoms with Crippen LogP contribution in [0.25, 0.3) is 21.8 Å². The van der Waals surface area contributed by atoms with Crippen LogP contribution in [0.15, 0.2) is 73.1 Å². The van der Waals surface area contributed by atoms with Crippen molar-refractivity contribution in [1.29, 1.82) is 0 Å². The second-order valence-electron chi connectivity index (χ2n) is 13.7. The first-order valence-electron chi connectivity index (χ1n) is 18.5. The predicted molar refractivity (Wildman–Crippen MR) is 212 cm³/mol. The molecule has 17 heteroatoms. The van der Waals surface area contributed by atoms with E-state index in [1.807, 2.05) is 48.5 Å². The molecule has 2 heterocycles. The lowest BCUT2D eigenvalue weighted by Gasteiger charge is -2.37. The molecule has 0 bridgehead atoms. The number of aliphatic hydroxyl groups excluding tert-OH is 1. The molecule has 5 aromatic rings. The van der Waals surface area contributed by atoms with Gasteiger partial charge in [0.1, 0.15) is 17.8 Å². The minimum atomic E-state index is -3.73. The molecule has 0 aliphatic heterocycles. The number of aliphatic hydroxyl groups is 1. The summed E-state index contributed by atoms with van der Waals surface area (Å²) in [6.45, 7) is 8.88. The van der Waals surface area contributed by atoms with Gasteiger partial charge in [-0.05, 0) is 94.1 Å². The molecular formula is C39H51N8O8P. The van der Waals surface area contributed by atoms with Crippen LogP contribution >= 0.6 is 7.44 Å². The second-order valence-corrected chi connectivity index (χ2v) is 16.0. The normalized spacial score (nSPS) is 14.7. The zero-order valence-corrected chi connectivity index (χ0v) is 33.4. The monoisotopic (exact) mass is 790 g/mol. The van der Waals surface area contributed by atoms with Crippen LogP contribution in [0.5, 0.6) is 5.75 Å². The van der Waals surface area contributed by atoms with Crippen LogP contribution in [0, 0.1) is 0 Å². The summed E-state index contributed by atoms with van der Waals surface area (Å²) in [6, 6.07) is 15.9. The van der Waals surface area contributed by atoms with Gasteiger partial charge in [0.15, 0.2) is 6.35 Å².